The molecule has 2 heterocycles. The molecule has 0 aromatic carbocycles. The van der Waals surface area contributed by atoms with Crippen LogP contribution in [0.1, 0.15) is 39.0 Å². The van der Waals surface area contributed by atoms with Crippen LogP contribution < -0.4 is 5.32 Å². The molecule has 2 rings (SSSR count). The van der Waals surface area contributed by atoms with Gasteiger partial charge in [-0.05, 0) is 31.7 Å². The van der Waals surface area contributed by atoms with E-state index >= 15 is 0 Å². The highest BCUT2D eigenvalue weighted by Crippen LogP contribution is 2.21. The van der Waals surface area contributed by atoms with Crippen molar-refractivity contribution in [3.63, 3.8) is 0 Å². The minimum Gasteiger partial charge on any atom is -0.341 e. The van der Waals surface area contributed by atoms with Gasteiger partial charge in [0.2, 0.25) is 5.91 Å². The molecule has 4 heteroatoms. The summed E-state index contributed by atoms with van der Waals surface area (Å²) in [7, 11) is 0. The third kappa shape index (κ3) is 3.11. The number of carbonyl (C=O) groups is 1. The highest BCUT2D eigenvalue weighted by Gasteiger charge is 2.30. The third-order valence-electron chi connectivity index (χ3n) is 3.78. The van der Waals surface area contributed by atoms with Crippen molar-refractivity contribution >= 4 is 18.3 Å². The largest absolute Gasteiger partial charge is 0.341 e. The Morgan fingerprint density at radius 3 is 2.75 bits per heavy atom. The molecule has 1 amide bonds. The van der Waals surface area contributed by atoms with Gasteiger partial charge in [0, 0.05) is 13.1 Å². The SMILES string of the molecule is CCC1CCN(C(=O)[C@H]2CCCCN2)C1.Cl. The summed E-state index contributed by atoms with van der Waals surface area (Å²) >= 11 is 0. The molecule has 2 aliphatic heterocycles. The van der Waals surface area contributed by atoms with E-state index < -0.39 is 0 Å². The Hall–Kier alpha value is -0.280. The molecule has 0 saturated carbocycles. The van der Waals surface area contributed by atoms with Crippen LogP contribution in [-0.2, 0) is 4.79 Å². The molecular formula is C12H23ClN2O. The third-order valence-corrected chi connectivity index (χ3v) is 3.78. The summed E-state index contributed by atoms with van der Waals surface area (Å²) in [5, 5.41) is 3.34. The first-order valence-corrected chi connectivity index (χ1v) is 6.33. The molecule has 0 aliphatic carbocycles. The molecule has 2 atom stereocenters. The number of amides is 1. The van der Waals surface area contributed by atoms with Gasteiger partial charge in [-0.25, -0.2) is 0 Å². The second-order valence-corrected chi connectivity index (χ2v) is 4.85. The number of nitrogens with one attached hydrogen (secondary N) is 1. The highest BCUT2D eigenvalue weighted by atomic mass is 35.5. The van der Waals surface area contributed by atoms with Gasteiger partial charge in [-0.15, -0.1) is 12.4 Å². The normalized spacial score (nSPS) is 29.9. The Kier molecular flexibility index (Phi) is 5.56. The molecule has 16 heavy (non-hydrogen) atoms. The number of nitrogens with zero attached hydrogens (tertiary/aromatic N) is 1. The standard InChI is InChI=1S/C12H22N2O.ClH/c1-2-10-6-8-14(9-10)12(15)11-5-3-4-7-13-11;/h10-11,13H,2-9H2,1H3;1H/t10?,11-;/m1./s1. The van der Waals surface area contributed by atoms with Gasteiger partial charge < -0.3 is 10.2 Å². The van der Waals surface area contributed by atoms with E-state index in [1.54, 1.807) is 0 Å². The molecule has 1 N–H and O–H groups in total. The minimum absolute atomic E-state index is 0. The van der Waals surface area contributed by atoms with E-state index in [4.69, 9.17) is 0 Å². The van der Waals surface area contributed by atoms with Crippen LogP contribution in [0.3, 0.4) is 0 Å². The quantitative estimate of drug-likeness (QED) is 0.806. The first-order valence-electron chi connectivity index (χ1n) is 6.33. The molecule has 2 saturated heterocycles. The maximum absolute atomic E-state index is 12.1. The molecule has 0 aromatic rings. The Morgan fingerprint density at radius 2 is 2.19 bits per heavy atom. The van der Waals surface area contributed by atoms with Crippen LogP contribution in [-0.4, -0.2) is 36.5 Å². The summed E-state index contributed by atoms with van der Waals surface area (Å²) in [6.45, 7) is 5.21. The topological polar surface area (TPSA) is 32.3 Å². The summed E-state index contributed by atoms with van der Waals surface area (Å²) in [5.74, 6) is 1.10. The molecule has 1 unspecified atom stereocenters. The van der Waals surface area contributed by atoms with Crippen LogP contribution in [0.2, 0.25) is 0 Å². The van der Waals surface area contributed by atoms with Crippen molar-refractivity contribution in [2.75, 3.05) is 19.6 Å². The maximum atomic E-state index is 12.1. The minimum atomic E-state index is 0. The smallest absolute Gasteiger partial charge is 0.239 e. The van der Waals surface area contributed by atoms with Gasteiger partial charge >= 0.3 is 0 Å². The molecular weight excluding hydrogens is 224 g/mol. The van der Waals surface area contributed by atoms with Crippen molar-refractivity contribution < 1.29 is 4.79 Å². The number of hydrogen-bond acceptors (Lipinski definition) is 2. The molecule has 0 aromatic heterocycles. The Bertz CT molecular complexity index is 229. The van der Waals surface area contributed by atoms with Crippen LogP contribution in [0.5, 0.6) is 0 Å². The molecule has 94 valence electrons. The predicted molar refractivity (Wildman–Crippen MR) is 67.9 cm³/mol. The van der Waals surface area contributed by atoms with Crippen LogP contribution >= 0.6 is 12.4 Å². The van der Waals surface area contributed by atoms with E-state index in [-0.39, 0.29) is 18.4 Å². The first-order chi connectivity index (χ1) is 7.31. The fourth-order valence-corrected chi connectivity index (χ4v) is 2.65. The van der Waals surface area contributed by atoms with Gasteiger partial charge in [-0.3, -0.25) is 4.79 Å². The van der Waals surface area contributed by atoms with Gasteiger partial charge in [-0.1, -0.05) is 19.8 Å². The van der Waals surface area contributed by atoms with Crippen LogP contribution in [0, 0.1) is 5.92 Å². The van der Waals surface area contributed by atoms with E-state index in [1.165, 1.54) is 25.7 Å². The molecule has 0 bridgehead atoms. The van der Waals surface area contributed by atoms with E-state index in [2.05, 4.69) is 17.1 Å². The van der Waals surface area contributed by atoms with Crippen molar-refractivity contribution in [1.29, 1.82) is 0 Å². The summed E-state index contributed by atoms with van der Waals surface area (Å²) in [6.07, 6.45) is 5.87. The zero-order valence-corrected chi connectivity index (χ0v) is 10.9. The molecule has 3 nitrogen and oxygen atoms in total. The summed E-state index contributed by atoms with van der Waals surface area (Å²) in [4.78, 5) is 14.2. The Morgan fingerprint density at radius 1 is 1.38 bits per heavy atom. The molecule has 2 fully saturated rings. The van der Waals surface area contributed by atoms with Gasteiger partial charge in [0.25, 0.3) is 0 Å². The zero-order valence-electron chi connectivity index (χ0n) is 10.1. The van der Waals surface area contributed by atoms with Gasteiger partial charge in [0.1, 0.15) is 0 Å². The molecule has 2 aliphatic rings. The fourth-order valence-electron chi connectivity index (χ4n) is 2.65. The zero-order chi connectivity index (χ0) is 10.7. The van der Waals surface area contributed by atoms with Gasteiger partial charge in [0.15, 0.2) is 0 Å². The van der Waals surface area contributed by atoms with Gasteiger partial charge in [-0.2, -0.15) is 0 Å². The lowest BCUT2D eigenvalue weighted by Gasteiger charge is -2.27. The number of rotatable bonds is 2. The van der Waals surface area contributed by atoms with Crippen molar-refractivity contribution in [1.82, 2.24) is 10.2 Å². The number of likely N-dealkylation sites (tertiary alicyclic amines) is 1. The average Bonchev–Trinajstić information content (AvgIpc) is 2.78. The van der Waals surface area contributed by atoms with Crippen LogP contribution in [0.4, 0.5) is 0 Å². The van der Waals surface area contributed by atoms with Crippen LogP contribution in [0.15, 0.2) is 0 Å². The van der Waals surface area contributed by atoms with Gasteiger partial charge in [0.05, 0.1) is 6.04 Å². The molecule has 0 spiro atoms. The van der Waals surface area contributed by atoms with E-state index in [9.17, 15) is 4.79 Å². The number of hydrogen-bond donors (Lipinski definition) is 1. The number of halogens is 1. The van der Waals surface area contributed by atoms with Crippen molar-refractivity contribution in [3.05, 3.63) is 0 Å². The lowest BCUT2D eigenvalue weighted by atomic mass is 10.0. The summed E-state index contributed by atoms with van der Waals surface area (Å²) in [6, 6.07) is 0.120. The first kappa shape index (κ1) is 13.8. The fraction of sp³-hybridized carbons (Fsp3) is 0.917. The monoisotopic (exact) mass is 246 g/mol. The van der Waals surface area contributed by atoms with Crippen molar-refractivity contribution in [2.24, 2.45) is 5.92 Å². The van der Waals surface area contributed by atoms with E-state index in [0.717, 1.165) is 32.0 Å². The van der Waals surface area contributed by atoms with E-state index in [0.29, 0.717) is 5.91 Å². The van der Waals surface area contributed by atoms with Crippen molar-refractivity contribution in [3.8, 4) is 0 Å². The second-order valence-electron chi connectivity index (χ2n) is 4.85. The number of carbonyl (C=O) groups excluding carboxylic acids is 1. The second kappa shape index (κ2) is 6.45. The summed E-state index contributed by atoms with van der Waals surface area (Å²) in [5.41, 5.74) is 0. The summed E-state index contributed by atoms with van der Waals surface area (Å²) < 4.78 is 0. The number of piperidine rings is 1. The predicted octanol–water partition coefficient (Wildman–Crippen LogP) is 1.81. The Balaban J connectivity index is 0.00000128. The van der Waals surface area contributed by atoms with Crippen LogP contribution in [0.25, 0.3) is 0 Å². The maximum Gasteiger partial charge on any atom is 0.239 e. The van der Waals surface area contributed by atoms with Crippen molar-refractivity contribution in [2.45, 2.75) is 45.1 Å². The molecule has 0 radical (unpaired) electrons. The highest BCUT2D eigenvalue weighted by molar-refractivity contribution is 5.85. The Labute approximate surface area is 104 Å². The lowest BCUT2D eigenvalue weighted by molar-refractivity contribution is -0.133. The lowest BCUT2D eigenvalue weighted by Crippen LogP contribution is -2.47. The average molecular weight is 247 g/mol. The van der Waals surface area contributed by atoms with E-state index in [1.807, 2.05) is 0 Å².